The Kier molecular flexibility index (Phi) is 4.49. The van der Waals surface area contributed by atoms with Crippen molar-refractivity contribution in [2.75, 3.05) is 11.1 Å². The molecule has 3 N–H and O–H groups in total. The first-order valence-corrected chi connectivity index (χ1v) is 10.3. The minimum atomic E-state index is -0.178. The van der Waals surface area contributed by atoms with E-state index in [9.17, 15) is 4.79 Å². The number of rotatable bonds is 2. The highest BCUT2D eigenvalue weighted by Crippen LogP contribution is 2.36. The number of amides is 1. The molecule has 2 heterocycles. The third kappa shape index (κ3) is 3.12. The SMILES string of the molecule is Cc1cc(Br)ccc1NC(=O)c1sc2nc3c(cc2c1N)C[C@@H](C)CC3. The number of thiophene rings is 1. The minimum absolute atomic E-state index is 0.178. The first-order valence-electron chi connectivity index (χ1n) is 8.70. The summed E-state index contributed by atoms with van der Waals surface area (Å²) in [6.07, 6.45) is 3.21. The van der Waals surface area contributed by atoms with Crippen molar-refractivity contribution in [3.05, 3.63) is 50.4 Å². The van der Waals surface area contributed by atoms with Gasteiger partial charge in [0.2, 0.25) is 0 Å². The van der Waals surface area contributed by atoms with Gasteiger partial charge in [-0.15, -0.1) is 11.3 Å². The number of pyridine rings is 1. The van der Waals surface area contributed by atoms with Crippen molar-refractivity contribution in [1.82, 2.24) is 4.98 Å². The fraction of sp³-hybridized carbons (Fsp3) is 0.300. The Balaban J connectivity index is 1.70. The molecule has 0 bridgehead atoms. The predicted octanol–water partition coefficient (Wildman–Crippen LogP) is 5.33. The summed E-state index contributed by atoms with van der Waals surface area (Å²) in [6.45, 7) is 4.23. The Morgan fingerprint density at radius 2 is 2.19 bits per heavy atom. The molecule has 1 aromatic carbocycles. The lowest BCUT2D eigenvalue weighted by Gasteiger charge is -2.20. The maximum Gasteiger partial charge on any atom is 0.267 e. The van der Waals surface area contributed by atoms with Gasteiger partial charge in [-0.1, -0.05) is 22.9 Å². The number of hydrogen-bond donors (Lipinski definition) is 2. The lowest BCUT2D eigenvalue weighted by Crippen LogP contribution is -2.13. The number of carbonyl (C=O) groups excluding carboxylic acids is 1. The zero-order valence-electron chi connectivity index (χ0n) is 14.7. The number of hydrogen-bond acceptors (Lipinski definition) is 4. The molecule has 26 heavy (non-hydrogen) atoms. The van der Waals surface area contributed by atoms with Crippen LogP contribution in [0.3, 0.4) is 0 Å². The van der Waals surface area contributed by atoms with E-state index >= 15 is 0 Å². The molecular formula is C20H20BrN3OS. The average Bonchev–Trinajstić information content (AvgIpc) is 2.92. The van der Waals surface area contributed by atoms with E-state index in [1.165, 1.54) is 23.3 Å². The fourth-order valence-electron chi connectivity index (χ4n) is 3.49. The van der Waals surface area contributed by atoms with Crippen LogP contribution in [0.1, 0.15) is 39.8 Å². The van der Waals surface area contributed by atoms with Crippen LogP contribution in [0.25, 0.3) is 10.2 Å². The molecule has 4 nitrogen and oxygen atoms in total. The highest BCUT2D eigenvalue weighted by molar-refractivity contribution is 9.10. The second kappa shape index (κ2) is 6.67. The topological polar surface area (TPSA) is 68.0 Å². The zero-order valence-corrected chi connectivity index (χ0v) is 17.1. The zero-order chi connectivity index (χ0) is 18.4. The quantitative estimate of drug-likeness (QED) is 0.578. The minimum Gasteiger partial charge on any atom is -0.397 e. The van der Waals surface area contributed by atoms with Crippen LogP contribution in [0.2, 0.25) is 0 Å². The Morgan fingerprint density at radius 1 is 1.38 bits per heavy atom. The van der Waals surface area contributed by atoms with Gasteiger partial charge in [-0.2, -0.15) is 0 Å². The molecule has 0 fully saturated rings. The molecule has 1 atom stereocenters. The monoisotopic (exact) mass is 429 g/mol. The predicted molar refractivity (Wildman–Crippen MR) is 112 cm³/mol. The van der Waals surface area contributed by atoms with Gasteiger partial charge in [-0.3, -0.25) is 4.79 Å². The molecule has 6 heteroatoms. The molecule has 134 valence electrons. The van der Waals surface area contributed by atoms with Crippen LogP contribution >= 0.6 is 27.3 Å². The van der Waals surface area contributed by atoms with Gasteiger partial charge < -0.3 is 11.1 Å². The second-order valence-corrected chi connectivity index (χ2v) is 8.97. The van der Waals surface area contributed by atoms with Crippen molar-refractivity contribution < 1.29 is 4.79 Å². The van der Waals surface area contributed by atoms with E-state index in [2.05, 4.69) is 34.2 Å². The highest BCUT2D eigenvalue weighted by atomic mass is 79.9. The maximum atomic E-state index is 12.8. The van der Waals surface area contributed by atoms with E-state index in [1.807, 2.05) is 25.1 Å². The molecular weight excluding hydrogens is 410 g/mol. The Bertz CT molecular complexity index is 1030. The van der Waals surface area contributed by atoms with Gasteiger partial charge in [0.15, 0.2) is 0 Å². The second-order valence-electron chi connectivity index (χ2n) is 7.05. The summed E-state index contributed by atoms with van der Waals surface area (Å²) in [5.41, 5.74) is 11.1. The van der Waals surface area contributed by atoms with E-state index in [0.29, 0.717) is 16.5 Å². The Labute approximate surface area is 164 Å². The largest absolute Gasteiger partial charge is 0.397 e. The molecule has 1 aliphatic carbocycles. The molecule has 0 saturated carbocycles. The molecule has 2 aromatic heterocycles. The maximum absolute atomic E-state index is 12.8. The van der Waals surface area contributed by atoms with Crippen LogP contribution in [0.5, 0.6) is 0 Å². The number of nitrogens with zero attached hydrogens (tertiary/aromatic N) is 1. The molecule has 1 aliphatic rings. The van der Waals surface area contributed by atoms with Crippen LogP contribution in [0.15, 0.2) is 28.7 Å². The third-order valence-corrected chi connectivity index (χ3v) is 6.58. The number of anilines is 2. The van der Waals surface area contributed by atoms with Crippen molar-refractivity contribution >= 4 is 54.8 Å². The van der Waals surface area contributed by atoms with Crippen molar-refractivity contribution in [3.63, 3.8) is 0 Å². The lowest BCUT2D eigenvalue weighted by molar-refractivity contribution is 0.103. The first-order chi connectivity index (χ1) is 12.4. The number of nitrogens with two attached hydrogens (primary N) is 1. The Morgan fingerprint density at radius 3 is 2.96 bits per heavy atom. The summed E-state index contributed by atoms with van der Waals surface area (Å²) in [5, 5.41) is 3.88. The number of aryl methyl sites for hydroxylation is 2. The summed E-state index contributed by atoms with van der Waals surface area (Å²) >= 11 is 4.82. The van der Waals surface area contributed by atoms with E-state index < -0.39 is 0 Å². The van der Waals surface area contributed by atoms with Gasteiger partial charge in [0.25, 0.3) is 5.91 Å². The van der Waals surface area contributed by atoms with E-state index in [0.717, 1.165) is 44.5 Å². The molecule has 0 radical (unpaired) electrons. The number of halogens is 1. The van der Waals surface area contributed by atoms with Gasteiger partial charge in [0, 0.05) is 21.2 Å². The summed E-state index contributed by atoms with van der Waals surface area (Å²) < 4.78 is 0.985. The average molecular weight is 430 g/mol. The number of aromatic nitrogens is 1. The van der Waals surface area contributed by atoms with Crippen molar-refractivity contribution in [2.45, 2.75) is 33.1 Å². The number of fused-ring (bicyclic) bond motifs is 2. The highest BCUT2D eigenvalue weighted by Gasteiger charge is 2.22. The molecule has 0 unspecified atom stereocenters. The molecule has 3 aromatic rings. The fourth-order valence-corrected chi connectivity index (χ4v) is 4.95. The number of benzene rings is 1. The molecule has 0 spiro atoms. The number of nitrogens with one attached hydrogen (secondary N) is 1. The van der Waals surface area contributed by atoms with Gasteiger partial charge >= 0.3 is 0 Å². The van der Waals surface area contributed by atoms with E-state index in [4.69, 9.17) is 10.7 Å². The molecule has 4 rings (SSSR count). The molecule has 0 aliphatic heterocycles. The standard InChI is InChI=1S/C20H20BrN3OS/c1-10-3-5-16-12(7-10)9-14-17(22)18(26-20(14)24-16)19(25)23-15-6-4-13(21)8-11(15)2/h4,6,8-10H,3,5,7,22H2,1-2H3,(H,23,25)/t10-/m0/s1. The summed E-state index contributed by atoms with van der Waals surface area (Å²) in [6, 6.07) is 7.91. The van der Waals surface area contributed by atoms with Crippen LogP contribution < -0.4 is 11.1 Å². The van der Waals surface area contributed by atoms with Gasteiger partial charge in [-0.05, 0) is 67.5 Å². The van der Waals surface area contributed by atoms with Crippen molar-refractivity contribution in [3.8, 4) is 0 Å². The van der Waals surface area contributed by atoms with E-state index in [1.54, 1.807) is 0 Å². The summed E-state index contributed by atoms with van der Waals surface area (Å²) in [5.74, 6) is 0.493. The smallest absolute Gasteiger partial charge is 0.267 e. The van der Waals surface area contributed by atoms with Crippen LogP contribution in [-0.4, -0.2) is 10.9 Å². The van der Waals surface area contributed by atoms with Crippen molar-refractivity contribution in [2.24, 2.45) is 5.92 Å². The van der Waals surface area contributed by atoms with Gasteiger partial charge in [-0.25, -0.2) is 4.98 Å². The van der Waals surface area contributed by atoms with Crippen LogP contribution in [0, 0.1) is 12.8 Å². The van der Waals surface area contributed by atoms with Crippen molar-refractivity contribution in [1.29, 1.82) is 0 Å². The Hall–Kier alpha value is -1.92. The van der Waals surface area contributed by atoms with E-state index in [-0.39, 0.29) is 5.91 Å². The number of carbonyl (C=O) groups is 1. The van der Waals surface area contributed by atoms with Crippen LogP contribution in [-0.2, 0) is 12.8 Å². The molecule has 1 amide bonds. The first kappa shape index (κ1) is 17.5. The normalized spacial score (nSPS) is 16.5. The molecule has 0 saturated heterocycles. The van der Waals surface area contributed by atoms with Gasteiger partial charge in [0.1, 0.15) is 9.71 Å². The van der Waals surface area contributed by atoms with Gasteiger partial charge in [0.05, 0.1) is 5.69 Å². The lowest BCUT2D eigenvalue weighted by atomic mass is 9.87. The number of nitrogen functional groups attached to an aromatic ring is 1. The van der Waals surface area contributed by atoms with Crippen LogP contribution in [0.4, 0.5) is 11.4 Å². The summed E-state index contributed by atoms with van der Waals surface area (Å²) in [7, 11) is 0. The summed E-state index contributed by atoms with van der Waals surface area (Å²) in [4.78, 5) is 19.0. The third-order valence-electron chi connectivity index (χ3n) is 4.97.